The van der Waals surface area contributed by atoms with Crippen LogP contribution in [0.2, 0.25) is 0 Å². The van der Waals surface area contributed by atoms with E-state index in [1.54, 1.807) is 24.3 Å². The highest BCUT2D eigenvalue weighted by molar-refractivity contribution is 5.92. The molecule has 6 heteroatoms. The number of carbonyl (C=O) groups is 1. The Morgan fingerprint density at radius 2 is 1.52 bits per heavy atom. The lowest BCUT2D eigenvalue weighted by molar-refractivity contribution is -0.116. The van der Waals surface area contributed by atoms with Crippen LogP contribution < -0.4 is 16.4 Å². The molecule has 29 heavy (non-hydrogen) atoms. The Hall–Kier alpha value is -3.15. The first-order chi connectivity index (χ1) is 13.8. The van der Waals surface area contributed by atoms with Crippen molar-refractivity contribution in [3.63, 3.8) is 0 Å². The average Bonchev–Trinajstić information content (AvgIpc) is 2.69. The van der Waals surface area contributed by atoms with Crippen molar-refractivity contribution in [2.75, 3.05) is 5.32 Å². The molecule has 152 valence electrons. The molecule has 0 fully saturated rings. The maximum Gasteiger partial charge on any atom is 0.273 e. The molecule has 0 atom stereocenters. The number of fused-ring (bicyclic) bond motifs is 1. The predicted octanol–water partition coefficient (Wildman–Crippen LogP) is 3.97. The van der Waals surface area contributed by atoms with Gasteiger partial charge in [0.25, 0.3) is 11.1 Å². The van der Waals surface area contributed by atoms with Crippen molar-refractivity contribution in [1.82, 2.24) is 9.78 Å². The average molecular weight is 393 g/mol. The summed E-state index contributed by atoms with van der Waals surface area (Å²) in [5, 5.41) is 6.31. The molecule has 0 saturated heterocycles. The van der Waals surface area contributed by atoms with Crippen molar-refractivity contribution >= 4 is 22.4 Å². The van der Waals surface area contributed by atoms with Crippen LogP contribution in [0.15, 0.2) is 52.1 Å². The highest BCUT2D eigenvalue weighted by atomic mass is 16.2. The second-order valence-corrected chi connectivity index (χ2v) is 7.86. The second-order valence-electron chi connectivity index (χ2n) is 7.86. The minimum atomic E-state index is -0.340. The zero-order chi connectivity index (χ0) is 21.1. The van der Waals surface area contributed by atoms with E-state index in [0.29, 0.717) is 10.8 Å². The molecule has 0 aliphatic carbocycles. The first-order valence-corrected chi connectivity index (χ1v) is 9.94. The highest BCUT2D eigenvalue weighted by Crippen LogP contribution is 2.32. The van der Waals surface area contributed by atoms with Gasteiger partial charge in [-0.15, -0.1) is 0 Å². The lowest BCUT2D eigenvalue weighted by atomic mass is 9.92. The minimum absolute atomic E-state index is 0.0815. The molecule has 0 bridgehead atoms. The number of anilines is 1. The molecule has 0 spiro atoms. The van der Waals surface area contributed by atoms with Crippen LogP contribution in [0.1, 0.15) is 57.1 Å². The van der Waals surface area contributed by atoms with Crippen LogP contribution in [0.5, 0.6) is 0 Å². The Morgan fingerprint density at radius 3 is 2.10 bits per heavy atom. The Morgan fingerprint density at radius 1 is 0.931 bits per heavy atom. The fraction of sp³-hybridized carbons (Fsp3) is 0.348. The molecule has 1 heterocycles. The topological polar surface area (TPSA) is 84.0 Å². The van der Waals surface area contributed by atoms with Gasteiger partial charge < -0.3 is 5.32 Å². The zero-order valence-electron chi connectivity index (χ0n) is 17.3. The minimum Gasteiger partial charge on any atom is -0.326 e. The van der Waals surface area contributed by atoms with Gasteiger partial charge in [0.1, 0.15) is 0 Å². The summed E-state index contributed by atoms with van der Waals surface area (Å²) in [5.74, 6) is 0.341. The van der Waals surface area contributed by atoms with Crippen molar-refractivity contribution in [2.45, 2.75) is 52.5 Å². The molecule has 0 radical (unpaired) electrons. The smallest absolute Gasteiger partial charge is 0.273 e. The van der Waals surface area contributed by atoms with Crippen molar-refractivity contribution in [2.24, 2.45) is 0 Å². The number of nitrogens with zero attached hydrogens (tertiary/aromatic N) is 1. The van der Waals surface area contributed by atoms with Crippen LogP contribution in [0.3, 0.4) is 0 Å². The van der Waals surface area contributed by atoms with Gasteiger partial charge in [-0.05, 0) is 35.1 Å². The maximum absolute atomic E-state index is 12.7. The Balaban J connectivity index is 1.83. The molecule has 1 aromatic heterocycles. The molecule has 0 aliphatic rings. The molecule has 6 nitrogen and oxygen atoms in total. The van der Waals surface area contributed by atoms with Crippen LogP contribution in [-0.2, 0) is 11.3 Å². The quantitative estimate of drug-likeness (QED) is 0.665. The van der Waals surface area contributed by atoms with Gasteiger partial charge in [0.2, 0.25) is 5.91 Å². The molecule has 1 amide bonds. The van der Waals surface area contributed by atoms with Crippen molar-refractivity contribution in [3.8, 4) is 0 Å². The Labute approximate surface area is 169 Å². The number of nitrogens with one attached hydrogen (secondary N) is 2. The van der Waals surface area contributed by atoms with E-state index < -0.39 is 0 Å². The van der Waals surface area contributed by atoms with Gasteiger partial charge in [0.05, 0.1) is 17.3 Å². The number of aryl methyl sites for hydroxylation is 1. The summed E-state index contributed by atoms with van der Waals surface area (Å²) >= 11 is 0. The summed E-state index contributed by atoms with van der Waals surface area (Å²) in [7, 11) is 0. The molecule has 0 unspecified atom stereocenters. The van der Waals surface area contributed by atoms with E-state index in [1.165, 1.54) is 4.68 Å². The van der Waals surface area contributed by atoms with Crippen LogP contribution in [0.4, 0.5) is 5.69 Å². The fourth-order valence-corrected chi connectivity index (χ4v) is 3.51. The zero-order valence-corrected chi connectivity index (χ0v) is 17.3. The van der Waals surface area contributed by atoms with E-state index in [0.717, 1.165) is 16.8 Å². The molecular weight excluding hydrogens is 366 g/mol. The summed E-state index contributed by atoms with van der Waals surface area (Å²) in [5.41, 5.74) is 2.37. The van der Waals surface area contributed by atoms with E-state index in [2.05, 4.69) is 38.1 Å². The lowest BCUT2D eigenvalue weighted by Crippen LogP contribution is -2.31. The molecular formula is C23H27N3O3. The van der Waals surface area contributed by atoms with Crippen LogP contribution >= 0.6 is 0 Å². The van der Waals surface area contributed by atoms with Gasteiger partial charge in [-0.3, -0.25) is 19.5 Å². The first-order valence-electron chi connectivity index (χ1n) is 9.94. The van der Waals surface area contributed by atoms with Crippen LogP contribution in [0, 0.1) is 0 Å². The standard InChI is InChI=1S/C23H27N3O3/c1-14(2)16-10-7-11-17(15(3)4)21(16)24-20(27)12-13-26-23(29)19-9-6-5-8-18(19)22(28)25-26/h5-11,14-15H,12-13H2,1-4H3,(H,24,27)(H,25,28). The van der Waals surface area contributed by atoms with Gasteiger partial charge in [-0.2, -0.15) is 0 Å². The fourth-order valence-electron chi connectivity index (χ4n) is 3.51. The monoisotopic (exact) mass is 393 g/mol. The highest BCUT2D eigenvalue weighted by Gasteiger charge is 2.16. The normalized spacial score (nSPS) is 11.4. The summed E-state index contributed by atoms with van der Waals surface area (Å²) in [6.07, 6.45) is 0.0815. The van der Waals surface area contributed by atoms with Gasteiger partial charge in [0, 0.05) is 12.1 Å². The number of hydrogen-bond donors (Lipinski definition) is 2. The summed E-state index contributed by atoms with van der Waals surface area (Å²) in [4.78, 5) is 37.5. The number of benzene rings is 2. The van der Waals surface area contributed by atoms with Crippen molar-refractivity contribution < 1.29 is 4.79 Å². The van der Waals surface area contributed by atoms with E-state index >= 15 is 0 Å². The number of H-pyrrole nitrogens is 1. The first kappa shape index (κ1) is 20.6. The van der Waals surface area contributed by atoms with Gasteiger partial charge in [-0.25, -0.2) is 4.68 Å². The molecule has 3 rings (SSSR count). The van der Waals surface area contributed by atoms with Gasteiger partial charge in [0.15, 0.2) is 0 Å². The third-order valence-electron chi connectivity index (χ3n) is 5.08. The van der Waals surface area contributed by atoms with E-state index in [4.69, 9.17) is 0 Å². The second kappa shape index (κ2) is 8.47. The van der Waals surface area contributed by atoms with Crippen LogP contribution in [-0.4, -0.2) is 15.7 Å². The summed E-state index contributed by atoms with van der Waals surface area (Å²) in [6.45, 7) is 8.47. The number of rotatable bonds is 6. The largest absolute Gasteiger partial charge is 0.326 e. The van der Waals surface area contributed by atoms with E-state index in [1.807, 2.05) is 18.2 Å². The molecule has 0 aliphatic heterocycles. The van der Waals surface area contributed by atoms with E-state index in [-0.39, 0.29) is 41.8 Å². The third-order valence-corrected chi connectivity index (χ3v) is 5.08. The Bertz CT molecular complexity index is 1130. The van der Waals surface area contributed by atoms with Crippen molar-refractivity contribution in [3.05, 3.63) is 74.3 Å². The molecule has 2 aromatic carbocycles. The third kappa shape index (κ3) is 4.31. The summed E-state index contributed by atoms with van der Waals surface area (Å²) in [6, 6.07) is 12.7. The number of aromatic nitrogens is 2. The van der Waals surface area contributed by atoms with Gasteiger partial charge >= 0.3 is 0 Å². The van der Waals surface area contributed by atoms with Crippen molar-refractivity contribution in [1.29, 1.82) is 0 Å². The SMILES string of the molecule is CC(C)c1cccc(C(C)C)c1NC(=O)CCn1[nH]c(=O)c2ccccc2c1=O. The number of aromatic amines is 1. The number of para-hydroxylation sites is 1. The number of hydrogen-bond acceptors (Lipinski definition) is 3. The lowest BCUT2D eigenvalue weighted by Gasteiger charge is -2.20. The summed E-state index contributed by atoms with van der Waals surface area (Å²) < 4.78 is 1.21. The maximum atomic E-state index is 12.7. The van der Waals surface area contributed by atoms with Gasteiger partial charge in [-0.1, -0.05) is 58.0 Å². The molecule has 3 aromatic rings. The Kier molecular flexibility index (Phi) is 6.01. The molecule has 2 N–H and O–H groups in total. The number of amides is 1. The van der Waals surface area contributed by atoms with E-state index in [9.17, 15) is 14.4 Å². The number of carbonyl (C=O) groups excluding carboxylic acids is 1. The predicted molar refractivity (Wildman–Crippen MR) is 117 cm³/mol. The molecule has 0 saturated carbocycles. The van der Waals surface area contributed by atoms with Crippen LogP contribution in [0.25, 0.3) is 10.8 Å².